The van der Waals surface area contributed by atoms with Gasteiger partial charge in [0.25, 0.3) is 0 Å². The summed E-state index contributed by atoms with van der Waals surface area (Å²) >= 11 is 0. The molecule has 0 bridgehead atoms. The molecule has 2 aromatic rings. The molecular formula is C15H20N2O4S. The minimum Gasteiger partial charge on any atom is -0.496 e. The Bertz CT molecular complexity index is 733. The van der Waals surface area contributed by atoms with Crippen LogP contribution in [-0.2, 0) is 10.0 Å². The number of aromatic nitrogens is 1. The van der Waals surface area contributed by atoms with E-state index in [1.54, 1.807) is 21.0 Å². The molecular weight excluding hydrogens is 304 g/mol. The maximum Gasteiger partial charge on any atom is 0.246 e. The molecule has 22 heavy (non-hydrogen) atoms. The maximum absolute atomic E-state index is 12.6. The zero-order chi connectivity index (χ0) is 16.3. The molecule has 0 unspecified atom stereocenters. The zero-order valence-electron chi connectivity index (χ0n) is 13.1. The second-order valence-electron chi connectivity index (χ2n) is 4.98. The standard InChI is InChI=1S/C15H20N2O4S/c1-5-13(12-8-6-7-9-14(12)20-4)17-22(18,19)15-10(2)16-21-11(15)3/h6-9,13,17H,5H2,1-4H3/t13-/m0/s1. The Balaban J connectivity index is 2.38. The van der Waals surface area contributed by atoms with Crippen molar-refractivity contribution in [1.82, 2.24) is 9.88 Å². The van der Waals surface area contributed by atoms with Crippen LogP contribution in [0.15, 0.2) is 33.7 Å². The van der Waals surface area contributed by atoms with Gasteiger partial charge in [0.1, 0.15) is 16.3 Å². The SMILES string of the molecule is CC[C@H](NS(=O)(=O)c1c(C)noc1C)c1ccccc1OC. The molecule has 2 rings (SSSR count). The van der Waals surface area contributed by atoms with Gasteiger partial charge in [0.05, 0.1) is 13.2 Å². The molecule has 0 saturated carbocycles. The summed E-state index contributed by atoms with van der Waals surface area (Å²) in [4.78, 5) is 0.0980. The first-order chi connectivity index (χ1) is 10.4. The van der Waals surface area contributed by atoms with Crippen molar-refractivity contribution in [3.63, 3.8) is 0 Å². The molecule has 0 aliphatic carbocycles. The van der Waals surface area contributed by atoms with Gasteiger partial charge in [-0.1, -0.05) is 30.3 Å². The van der Waals surface area contributed by atoms with Crippen LogP contribution in [0.4, 0.5) is 0 Å². The third-order valence-electron chi connectivity index (χ3n) is 3.46. The van der Waals surface area contributed by atoms with Crippen molar-refractivity contribution in [3.8, 4) is 5.75 Å². The Morgan fingerprint density at radius 2 is 2.00 bits per heavy atom. The molecule has 7 heteroatoms. The summed E-state index contributed by atoms with van der Waals surface area (Å²) in [6.45, 7) is 5.10. The summed E-state index contributed by atoms with van der Waals surface area (Å²) in [6.07, 6.45) is 0.586. The van der Waals surface area contributed by atoms with Gasteiger partial charge in [-0.25, -0.2) is 13.1 Å². The number of methoxy groups -OCH3 is 1. The van der Waals surface area contributed by atoms with Gasteiger partial charge in [-0.05, 0) is 26.3 Å². The molecule has 0 spiro atoms. The van der Waals surface area contributed by atoms with Gasteiger partial charge in [0, 0.05) is 5.56 Å². The number of para-hydroxylation sites is 1. The van der Waals surface area contributed by atoms with Crippen LogP contribution < -0.4 is 9.46 Å². The Morgan fingerprint density at radius 3 is 2.55 bits per heavy atom. The van der Waals surface area contributed by atoms with E-state index < -0.39 is 16.1 Å². The topological polar surface area (TPSA) is 81.4 Å². The van der Waals surface area contributed by atoms with Crippen molar-refractivity contribution in [2.75, 3.05) is 7.11 Å². The fraction of sp³-hybridized carbons (Fsp3) is 0.400. The second-order valence-corrected chi connectivity index (χ2v) is 6.63. The van der Waals surface area contributed by atoms with Crippen LogP contribution in [0.25, 0.3) is 0 Å². The molecule has 0 aliphatic heterocycles. The number of aryl methyl sites for hydroxylation is 2. The molecule has 1 aromatic heterocycles. The number of nitrogens with one attached hydrogen (secondary N) is 1. The number of rotatable bonds is 6. The van der Waals surface area contributed by atoms with Gasteiger partial charge >= 0.3 is 0 Å². The molecule has 120 valence electrons. The molecule has 1 aromatic carbocycles. The molecule has 0 aliphatic rings. The number of hydrogen-bond donors (Lipinski definition) is 1. The first-order valence-corrected chi connectivity index (χ1v) is 8.47. The van der Waals surface area contributed by atoms with Gasteiger partial charge in [-0.3, -0.25) is 0 Å². The molecule has 1 N–H and O–H groups in total. The first-order valence-electron chi connectivity index (χ1n) is 6.98. The molecule has 0 saturated heterocycles. The van der Waals surface area contributed by atoms with E-state index in [9.17, 15) is 8.42 Å². The minimum atomic E-state index is -3.72. The van der Waals surface area contributed by atoms with E-state index in [1.807, 2.05) is 31.2 Å². The quantitative estimate of drug-likeness (QED) is 0.883. The highest BCUT2D eigenvalue weighted by Gasteiger charge is 2.28. The molecule has 1 atom stereocenters. The van der Waals surface area contributed by atoms with Gasteiger partial charge in [-0.15, -0.1) is 0 Å². The summed E-state index contributed by atoms with van der Waals surface area (Å²) in [6, 6.07) is 6.96. The van der Waals surface area contributed by atoms with Crippen molar-refractivity contribution in [1.29, 1.82) is 0 Å². The zero-order valence-corrected chi connectivity index (χ0v) is 13.9. The second kappa shape index (κ2) is 6.50. The van der Waals surface area contributed by atoms with Crippen LogP contribution in [0.3, 0.4) is 0 Å². The minimum absolute atomic E-state index is 0.0980. The van der Waals surface area contributed by atoms with E-state index in [1.165, 1.54) is 0 Å². The van der Waals surface area contributed by atoms with Gasteiger partial charge in [0.15, 0.2) is 5.76 Å². The Hall–Kier alpha value is -1.86. The predicted octanol–water partition coefficient (Wildman–Crippen LogP) is 2.73. The van der Waals surface area contributed by atoms with E-state index in [0.717, 1.165) is 5.56 Å². The van der Waals surface area contributed by atoms with Gasteiger partial charge in [0.2, 0.25) is 10.0 Å². The molecule has 0 fully saturated rings. The average molecular weight is 324 g/mol. The van der Waals surface area contributed by atoms with Crippen molar-refractivity contribution in [3.05, 3.63) is 41.3 Å². The van der Waals surface area contributed by atoms with Gasteiger partial charge < -0.3 is 9.26 Å². The Kier molecular flexibility index (Phi) is 4.87. The van der Waals surface area contributed by atoms with Crippen molar-refractivity contribution >= 4 is 10.0 Å². The lowest BCUT2D eigenvalue weighted by Gasteiger charge is -2.19. The lowest BCUT2D eigenvalue weighted by Crippen LogP contribution is -2.29. The van der Waals surface area contributed by atoms with Crippen LogP contribution in [0.5, 0.6) is 5.75 Å². The predicted molar refractivity (Wildman–Crippen MR) is 82.3 cm³/mol. The van der Waals surface area contributed by atoms with E-state index in [4.69, 9.17) is 9.26 Å². The average Bonchev–Trinajstić information content (AvgIpc) is 2.84. The summed E-state index contributed by atoms with van der Waals surface area (Å²) in [5.41, 5.74) is 1.14. The highest BCUT2D eigenvalue weighted by Crippen LogP contribution is 2.29. The van der Waals surface area contributed by atoms with Crippen molar-refractivity contribution < 1.29 is 17.7 Å². The van der Waals surface area contributed by atoms with Crippen LogP contribution in [0.1, 0.15) is 36.4 Å². The van der Waals surface area contributed by atoms with Crippen LogP contribution in [-0.4, -0.2) is 20.7 Å². The fourth-order valence-corrected chi connectivity index (χ4v) is 4.05. The maximum atomic E-state index is 12.6. The summed E-state index contributed by atoms with van der Waals surface area (Å²) in [5.74, 6) is 0.927. The van der Waals surface area contributed by atoms with Crippen LogP contribution >= 0.6 is 0 Å². The largest absolute Gasteiger partial charge is 0.496 e. The van der Waals surface area contributed by atoms with E-state index in [-0.39, 0.29) is 10.7 Å². The number of hydrogen-bond acceptors (Lipinski definition) is 5. The van der Waals surface area contributed by atoms with Gasteiger partial charge in [-0.2, -0.15) is 0 Å². The number of sulfonamides is 1. The molecule has 1 heterocycles. The third kappa shape index (κ3) is 3.15. The van der Waals surface area contributed by atoms with Crippen molar-refractivity contribution in [2.45, 2.75) is 38.1 Å². The number of nitrogens with zero attached hydrogens (tertiary/aromatic N) is 1. The highest BCUT2D eigenvalue weighted by atomic mass is 32.2. The Labute approximate surface area is 130 Å². The number of benzene rings is 1. The third-order valence-corrected chi connectivity index (χ3v) is 5.17. The van der Waals surface area contributed by atoms with Crippen LogP contribution in [0, 0.1) is 13.8 Å². The highest BCUT2D eigenvalue weighted by molar-refractivity contribution is 7.89. The monoisotopic (exact) mass is 324 g/mol. The number of ether oxygens (including phenoxy) is 1. The summed E-state index contributed by atoms with van der Waals surface area (Å²) in [7, 11) is -2.16. The molecule has 0 radical (unpaired) electrons. The smallest absolute Gasteiger partial charge is 0.246 e. The van der Waals surface area contributed by atoms with Crippen molar-refractivity contribution in [2.24, 2.45) is 0 Å². The van der Waals surface area contributed by atoms with E-state index >= 15 is 0 Å². The molecule has 0 amide bonds. The van der Waals surface area contributed by atoms with E-state index in [2.05, 4.69) is 9.88 Å². The fourth-order valence-electron chi connectivity index (χ4n) is 2.43. The lowest BCUT2D eigenvalue weighted by atomic mass is 10.0. The summed E-state index contributed by atoms with van der Waals surface area (Å²) in [5, 5.41) is 3.70. The first kappa shape index (κ1) is 16.5. The lowest BCUT2D eigenvalue weighted by molar-refractivity contribution is 0.390. The van der Waals surface area contributed by atoms with E-state index in [0.29, 0.717) is 17.9 Å². The summed E-state index contributed by atoms with van der Waals surface area (Å²) < 4.78 is 38.2. The Morgan fingerprint density at radius 1 is 1.32 bits per heavy atom. The molecule has 6 nitrogen and oxygen atoms in total. The van der Waals surface area contributed by atoms with Crippen LogP contribution in [0.2, 0.25) is 0 Å². The normalized spacial score (nSPS) is 13.1.